The molecule has 0 saturated carbocycles. The van der Waals surface area contributed by atoms with Crippen LogP contribution in [-0.4, -0.2) is 9.97 Å². The van der Waals surface area contributed by atoms with E-state index in [1.165, 1.54) is 0 Å². The Bertz CT molecular complexity index is 3610. The Kier molecular flexibility index (Phi) is 8.06. The minimum Gasteiger partial charge on any atom is -0.509 e. The molecule has 11 rings (SSSR count). The van der Waals surface area contributed by atoms with E-state index in [0.29, 0.717) is 40.1 Å². The van der Waals surface area contributed by atoms with E-state index >= 15 is 0 Å². The quantitative estimate of drug-likeness (QED) is 0.148. The van der Waals surface area contributed by atoms with Crippen LogP contribution in [-0.2, 0) is 26.5 Å². The van der Waals surface area contributed by atoms with Crippen LogP contribution in [0.5, 0.6) is 11.5 Å². The second-order valence-corrected chi connectivity index (χ2v) is 16.1. The first-order valence-corrected chi connectivity index (χ1v) is 20.4. The summed E-state index contributed by atoms with van der Waals surface area (Å²) >= 11 is 0. The molecule has 7 aromatic carbocycles. The van der Waals surface area contributed by atoms with Crippen molar-refractivity contribution in [1.82, 2.24) is 9.97 Å². The topological polar surface area (TPSA) is 44.7 Å². The first kappa shape index (κ1) is 30.7. The molecule has 0 radical (unpaired) electrons. The molecule has 0 aliphatic carbocycles. The van der Waals surface area contributed by atoms with Crippen LogP contribution < -0.4 is 19.4 Å². The van der Waals surface area contributed by atoms with Crippen LogP contribution in [0, 0.1) is 18.8 Å². The Morgan fingerprint density at radius 1 is 0.578 bits per heavy atom. The van der Waals surface area contributed by atoms with Crippen LogP contribution in [0.15, 0.2) is 194 Å². The number of anilines is 7. The molecule has 7 heteroatoms. The minimum absolute atomic E-state index is 0. The molecule has 2 aromatic heterocycles. The van der Waals surface area contributed by atoms with E-state index in [4.69, 9.17) is 23.4 Å². The summed E-state index contributed by atoms with van der Waals surface area (Å²) in [4.78, 5) is 15.2. The maximum absolute atomic E-state index is 9.04. The van der Waals surface area contributed by atoms with Crippen molar-refractivity contribution >= 4 is 39.9 Å². The van der Waals surface area contributed by atoms with Crippen LogP contribution >= 0.6 is 0 Å². The first-order chi connectivity index (χ1) is 35.0. The maximum atomic E-state index is 9.04. The zero-order chi connectivity index (χ0) is 51.2. The molecule has 0 unspecified atom stereocenters. The second-order valence-electron chi connectivity index (χ2n) is 16.1. The normalized spacial score (nSPS) is 14.8. The van der Waals surface area contributed by atoms with Crippen LogP contribution in [0.4, 0.5) is 39.9 Å². The monoisotopic (exact) mass is 1020 g/mol. The van der Waals surface area contributed by atoms with Crippen LogP contribution in [0.2, 0.25) is 0 Å². The van der Waals surface area contributed by atoms with Gasteiger partial charge in [0.1, 0.15) is 5.82 Å². The average Bonchev–Trinajstić information content (AvgIpc) is 3.73. The summed E-state index contributed by atoms with van der Waals surface area (Å²) in [5.74, 6) is 1.44. The molecule has 0 bridgehead atoms. The fourth-order valence-electron chi connectivity index (χ4n) is 8.24. The van der Waals surface area contributed by atoms with Crippen LogP contribution in [0.25, 0.3) is 44.5 Å². The van der Waals surface area contributed by atoms with E-state index in [1.807, 2.05) is 90.1 Å². The molecule has 6 nitrogen and oxygen atoms in total. The standard InChI is InChI=1S/C57H42N5O.Pt/c1-57(2,3)41-30-33-59-55(34-41)62-53-36-44(28-29-49(53)47-22-10-11-23-48(47)50-31-32-58-37-54(50)62)63-43-21-14-20-42(35-43)60-38-61(52-27-13-12-26-51(52)60)56-45(39-16-6-4-7-17-39)24-15-25-46(56)40-18-8-5-9-19-40;/h4-34,37-38H,1-3H3;/q-3;/i4D,5D,6D,7D,8D,9D,16D,17D,18D,19D;. The number of rotatable bonds is 7. The van der Waals surface area contributed by atoms with Crippen LogP contribution in [0.3, 0.4) is 0 Å². The molecule has 9 aromatic rings. The van der Waals surface area contributed by atoms with Crippen molar-refractivity contribution in [3.63, 3.8) is 0 Å². The fraction of sp³-hybridized carbons (Fsp3) is 0.0702. The minimum atomic E-state index is -0.569. The largest absolute Gasteiger partial charge is 0.509 e. The van der Waals surface area contributed by atoms with Crippen molar-refractivity contribution in [2.24, 2.45) is 0 Å². The predicted octanol–water partition coefficient (Wildman–Crippen LogP) is 15.0. The van der Waals surface area contributed by atoms with Gasteiger partial charge in [0.2, 0.25) is 0 Å². The Morgan fingerprint density at radius 3 is 1.91 bits per heavy atom. The van der Waals surface area contributed by atoms with Gasteiger partial charge < -0.3 is 19.4 Å². The third-order valence-electron chi connectivity index (χ3n) is 11.2. The number of aromatic nitrogens is 2. The first-order valence-electron chi connectivity index (χ1n) is 25.4. The number of benzene rings is 7. The van der Waals surface area contributed by atoms with Gasteiger partial charge in [0.25, 0.3) is 0 Å². The van der Waals surface area contributed by atoms with E-state index in [-0.39, 0.29) is 54.4 Å². The summed E-state index contributed by atoms with van der Waals surface area (Å²) in [5, 5.41) is 0. The van der Waals surface area contributed by atoms with Crippen molar-refractivity contribution in [2.75, 3.05) is 14.7 Å². The van der Waals surface area contributed by atoms with Crippen molar-refractivity contribution in [2.45, 2.75) is 26.2 Å². The van der Waals surface area contributed by atoms with E-state index in [1.54, 1.807) is 42.0 Å². The number of ether oxygens (including phenoxy) is 1. The summed E-state index contributed by atoms with van der Waals surface area (Å²) in [6.45, 7) is 8.23. The van der Waals surface area contributed by atoms with Crippen molar-refractivity contribution in [1.29, 1.82) is 0 Å². The zero-order valence-electron chi connectivity index (χ0n) is 44.7. The smallest absolute Gasteiger partial charge is 0.135 e. The molecule has 64 heavy (non-hydrogen) atoms. The molecular weight excluding hydrogens is 966 g/mol. The summed E-state index contributed by atoms with van der Waals surface area (Å²) in [7, 11) is 0. The molecule has 4 heterocycles. The molecule has 2 aliphatic rings. The molecule has 0 atom stereocenters. The Morgan fingerprint density at radius 2 is 1.20 bits per heavy atom. The van der Waals surface area contributed by atoms with Gasteiger partial charge in [-0.1, -0.05) is 147 Å². The van der Waals surface area contributed by atoms with Gasteiger partial charge in [-0.25, -0.2) is 4.98 Å². The van der Waals surface area contributed by atoms with Gasteiger partial charge in [0.05, 0.1) is 25.6 Å². The fourth-order valence-corrected chi connectivity index (χ4v) is 8.24. The van der Waals surface area contributed by atoms with Crippen molar-refractivity contribution < 1.29 is 39.5 Å². The zero-order valence-corrected chi connectivity index (χ0v) is 37.0. The number of para-hydroxylation sites is 3. The van der Waals surface area contributed by atoms with Gasteiger partial charge in [-0.3, -0.25) is 4.98 Å². The molecule has 0 N–H and O–H groups in total. The molecule has 0 spiro atoms. The third kappa shape index (κ3) is 7.34. The van der Waals surface area contributed by atoms with E-state index < -0.39 is 60.4 Å². The van der Waals surface area contributed by atoms with Crippen molar-refractivity contribution in [3.05, 3.63) is 219 Å². The molecule has 0 amide bonds. The average molecular weight is 1020 g/mol. The molecule has 2 aliphatic heterocycles. The predicted molar refractivity (Wildman–Crippen MR) is 256 cm³/mol. The second kappa shape index (κ2) is 16.8. The number of pyridine rings is 2. The Balaban J connectivity index is 0.00000626. The number of hydrogen-bond donors (Lipinski definition) is 0. The maximum Gasteiger partial charge on any atom is 0.135 e. The molecular formula is C57H42N5OPt-3. The van der Waals surface area contributed by atoms with Crippen LogP contribution in [0.1, 0.15) is 40.0 Å². The molecule has 0 fully saturated rings. The van der Waals surface area contributed by atoms with Gasteiger partial charge >= 0.3 is 0 Å². The number of fused-ring (bicyclic) bond motifs is 6. The number of nitrogens with zero attached hydrogens (tertiary/aromatic N) is 5. The van der Waals surface area contributed by atoms with Gasteiger partial charge in [-0.05, 0) is 58.0 Å². The van der Waals surface area contributed by atoms with Gasteiger partial charge in [-0.15, -0.1) is 48.3 Å². The van der Waals surface area contributed by atoms with Gasteiger partial charge in [0, 0.05) is 78.7 Å². The third-order valence-corrected chi connectivity index (χ3v) is 11.2. The number of hydrogen-bond acceptors (Lipinski definition) is 6. The molecule has 0 saturated heterocycles. The summed E-state index contributed by atoms with van der Waals surface area (Å²) in [6, 6.07) is 37.7. The summed E-state index contributed by atoms with van der Waals surface area (Å²) in [5.41, 5.74) is 8.47. The van der Waals surface area contributed by atoms with Gasteiger partial charge in [0.15, 0.2) is 0 Å². The summed E-state index contributed by atoms with van der Waals surface area (Å²) in [6.07, 6.45) is 5.45. The van der Waals surface area contributed by atoms with Gasteiger partial charge in [-0.2, -0.15) is 12.1 Å². The van der Waals surface area contributed by atoms with E-state index in [9.17, 15) is 0 Å². The summed E-state index contributed by atoms with van der Waals surface area (Å²) < 4.78 is 93.9. The Hall–Kier alpha value is -7.27. The van der Waals surface area contributed by atoms with E-state index in [0.717, 1.165) is 33.5 Å². The molecule has 314 valence electrons. The van der Waals surface area contributed by atoms with E-state index in [2.05, 4.69) is 61.0 Å². The Labute approximate surface area is 403 Å². The SMILES string of the molecule is [2H]c1c([2H])c([2H])c(-c2cccc(-c3c([2H])c([2H])c([2H])c([2H])c3[2H])c2N2[CH-]N(c3[c-]c(Oc4[c-]c5c(cc4)-c4ccccc4-c4ccncc4N5c4cc(C(C)(C)C)ccn4)ccc3)c3ccccc32)c([2H])c1[2H].[Pt]. The van der Waals surface area contributed by atoms with Crippen molar-refractivity contribution in [3.8, 4) is 56.0 Å².